The number of pyridine rings is 1. The Bertz CT molecular complexity index is 670. The van der Waals surface area contributed by atoms with Crippen molar-refractivity contribution in [3.05, 3.63) is 53.2 Å². The first-order chi connectivity index (χ1) is 11.2. The Balaban J connectivity index is 1.57. The highest BCUT2D eigenvalue weighted by Gasteiger charge is 2.16. The third-order valence-electron chi connectivity index (χ3n) is 3.56. The van der Waals surface area contributed by atoms with Crippen LogP contribution in [0.3, 0.4) is 0 Å². The Morgan fingerprint density at radius 2 is 2.22 bits per heavy atom. The second-order valence-corrected chi connectivity index (χ2v) is 5.67. The SMILES string of the molecule is O=C(Nc1ccccc1Cl)c1ccc(OC[C@H]2CCCO2)nc1. The number of halogens is 1. The van der Waals surface area contributed by atoms with E-state index in [0.717, 1.165) is 19.4 Å². The van der Waals surface area contributed by atoms with Crippen LogP contribution in [-0.2, 0) is 4.74 Å². The summed E-state index contributed by atoms with van der Waals surface area (Å²) in [5, 5.41) is 3.24. The summed E-state index contributed by atoms with van der Waals surface area (Å²) in [6, 6.07) is 10.4. The Morgan fingerprint density at radius 3 is 2.91 bits per heavy atom. The molecule has 5 nitrogen and oxygen atoms in total. The highest BCUT2D eigenvalue weighted by molar-refractivity contribution is 6.33. The van der Waals surface area contributed by atoms with Gasteiger partial charge in [0.2, 0.25) is 5.88 Å². The number of nitrogens with zero attached hydrogens (tertiary/aromatic N) is 1. The average Bonchev–Trinajstić information content (AvgIpc) is 3.09. The molecule has 1 aliphatic rings. The molecule has 1 aromatic carbocycles. The van der Waals surface area contributed by atoms with Crippen LogP contribution in [0.25, 0.3) is 0 Å². The van der Waals surface area contributed by atoms with Crippen molar-refractivity contribution < 1.29 is 14.3 Å². The van der Waals surface area contributed by atoms with E-state index in [2.05, 4.69) is 10.3 Å². The van der Waals surface area contributed by atoms with Gasteiger partial charge < -0.3 is 14.8 Å². The summed E-state index contributed by atoms with van der Waals surface area (Å²) in [4.78, 5) is 16.3. The number of amides is 1. The van der Waals surface area contributed by atoms with Crippen molar-refractivity contribution in [1.29, 1.82) is 0 Å². The van der Waals surface area contributed by atoms with Gasteiger partial charge in [-0.2, -0.15) is 0 Å². The maximum Gasteiger partial charge on any atom is 0.257 e. The van der Waals surface area contributed by atoms with E-state index < -0.39 is 0 Å². The van der Waals surface area contributed by atoms with Crippen molar-refractivity contribution in [3.63, 3.8) is 0 Å². The number of rotatable bonds is 5. The average molecular weight is 333 g/mol. The van der Waals surface area contributed by atoms with Crippen molar-refractivity contribution in [2.45, 2.75) is 18.9 Å². The number of nitrogens with one attached hydrogen (secondary N) is 1. The van der Waals surface area contributed by atoms with Gasteiger partial charge in [-0.25, -0.2) is 4.98 Å². The quantitative estimate of drug-likeness (QED) is 0.909. The van der Waals surface area contributed by atoms with E-state index in [9.17, 15) is 4.79 Å². The fourth-order valence-electron chi connectivity index (χ4n) is 2.31. The summed E-state index contributed by atoms with van der Waals surface area (Å²) < 4.78 is 11.1. The lowest BCUT2D eigenvalue weighted by molar-refractivity contribution is 0.0663. The van der Waals surface area contributed by atoms with Gasteiger partial charge in [0.25, 0.3) is 5.91 Å². The van der Waals surface area contributed by atoms with Crippen LogP contribution in [0.2, 0.25) is 5.02 Å². The monoisotopic (exact) mass is 332 g/mol. The molecule has 0 radical (unpaired) electrons. The smallest absolute Gasteiger partial charge is 0.257 e. The summed E-state index contributed by atoms with van der Waals surface area (Å²) in [5.74, 6) is 0.214. The van der Waals surface area contributed by atoms with Gasteiger partial charge in [-0.05, 0) is 31.0 Å². The second-order valence-electron chi connectivity index (χ2n) is 5.27. The predicted molar refractivity (Wildman–Crippen MR) is 88.1 cm³/mol. The van der Waals surface area contributed by atoms with Gasteiger partial charge in [0.1, 0.15) is 6.61 Å². The summed E-state index contributed by atoms with van der Waals surface area (Å²) in [6.07, 6.45) is 3.71. The summed E-state index contributed by atoms with van der Waals surface area (Å²) in [5.41, 5.74) is 1.01. The van der Waals surface area contributed by atoms with Crippen LogP contribution >= 0.6 is 11.6 Å². The van der Waals surface area contributed by atoms with Gasteiger partial charge in [-0.15, -0.1) is 0 Å². The highest BCUT2D eigenvalue weighted by atomic mass is 35.5. The lowest BCUT2D eigenvalue weighted by Crippen LogP contribution is -2.17. The molecule has 1 atom stereocenters. The molecule has 1 fully saturated rings. The molecule has 120 valence electrons. The van der Waals surface area contributed by atoms with E-state index in [1.807, 2.05) is 6.07 Å². The lowest BCUT2D eigenvalue weighted by Gasteiger charge is -2.11. The van der Waals surface area contributed by atoms with Crippen molar-refractivity contribution in [1.82, 2.24) is 4.98 Å². The van der Waals surface area contributed by atoms with Crippen molar-refractivity contribution in [2.75, 3.05) is 18.5 Å². The Kier molecular flexibility index (Phi) is 5.10. The number of anilines is 1. The molecule has 6 heteroatoms. The molecule has 1 amide bonds. The Morgan fingerprint density at radius 1 is 1.35 bits per heavy atom. The zero-order chi connectivity index (χ0) is 16.1. The Hall–Kier alpha value is -2.11. The molecule has 1 aromatic heterocycles. The Labute approximate surface area is 139 Å². The van der Waals surface area contributed by atoms with E-state index in [-0.39, 0.29) is 12.0 Å². The van der Waals surface area contributed by atoms with Crippen LogP contribution in [0.15, 0.2) is 42.6 Å². The number of ether oxygens (including phenoxy) is 2. The van der Waals surface area contributed by atoms with E-state index in [1.54, 1.807) is 30.3 Å². The van der Waals surface area contributed by atoms with Gasteiger partial charge in [-0.1, -0.05) is 23.7 Å². The van der Waals surface area contributed by atoms with Gasteiger partial charge >= 0.3 is 0 Å². The minimum atomic E-state index is -0.267. The van der Waals surface area contributed by atoms with Crippen LogP contribution in [0.1, 0.15) is 23.2 Å². The normalized spacial score (nSPS) is 17.0. The lowest BCUT2D eigenvalue weighted by atomic mass is 10.2. The van der Waals surface area contributed by atoms with Crippen LogP contribution in [0.4, 0.5) is 5.69 Å². The molecule has 1 N–H and O–H groups in total. The predicted octanol–water partition coefficient (Wildman–Crippen LogP) is 3.55. The maximum absolute atomic E-state index is 12.2. The third kappa shape index (κ3) is 4.21. The van der Waals surface area contributed by atoms with Gasteiger partial charge in [0, 0.05) is 18.9 Å². The first-order valence-electron chi connectivity index (χ1n) is 7.49. The second kappa shape index (κ2) is 7.44. The molecule has 0 bridgehead atoms. The molecule has 0 aliphatic carbocycles. The van der Waals surface area contributed by atoms with Crippen molar-refractivity contribution in [3.8, 4) is 5.88 Å². The van der Waals surface area contributed by atoms with Crippen LogP contribution in [-0.4, -0.2) is 30.2 Å². The molecule has 3 rings (SSSR count). The fraction of sp³-hybridized carbons (Fsp3) is 0.294. The number of benzene rings is 1. The van der Waals surface area contributed by atoms with Crippen LogP contribution < -0.4 is 10.1 Å². The molecule has 23 heavy (non-hydrogen) atoms. The third-order valence-corrected chi connectivity index (χ3v) is 3.89. The topological polar surface area (TPSA) is 60.5 Å². The fourth-order valence-corrected chi connectivity index (χ4v) is 2.49. The number of aromatic nitrogens is 1. The summed E-state index contributed by atoms with van der Waals surface area (Å²) in [6.45, 7) is 1.28. The van der Waals surface area contributed by atoms with Gasteiger partial charge in [-0.3, -0.25) is 4.79 Å². The molecule has 2 aromatic rings. The molecule has 0 unspecified atom stereocenters. The largest absolute Gasteiger partial charge is 0.475 e. The number of para-hydroxylation sites is 1. The molecule has 0 saturated carbocycles. The zero-order valence-electron chi connectivity index (χ0n) is 12.5. The zero-order valence-corrected chi connectivity index (χ0v) is 13.3. The van der Waals surface area contributed by atoms with Crippen molar-refractivity contribution in [2.24, 2.45) is 0 Å². The summed E-state index contributed by atoms with van der Waals surface area (Å²) >= 11 is 6.02. The van der Waals surface area contributed by atoms with Crippen LogP contribution in [0, 0.1) is 0 Å². The van der Waals surface area contributed by atoms with E-state index in [4.69, 9.17) is 21.1 Å². The maximum atomic E-state index is 12.2. The highest BCUT2D eigenvalue weighted by Crippen LogP contribution is 2.21. The standard InChI is InChI=1S/C17H17ClN2O3/c18-14-5-1-2-6-15(14)20-17(21)12-7-8-16(19-10-12)23-11-13-4-3-9-22-13/h1-2,5-8,10,13H,3-4,9,11H2,(H,20,21)/t13-/m1/s1. The number of hydrogen-bond donors (Lipinski definition) is 1. The molecule has 1 aliphatic heterocycles. The van der Waals surface area contributed by atoms with E-state index in [0.29, 0.717) is 28.8 Å². The minimum absolute atomic E-state index is 0.139. The number of carbonyl (C=O) groups is 1. The summed E-state index contributed by atoms with van der Waals surface area (Å²) in [7, 11) is 0. The van der Waals surface area contributed by atoms with Gasteiger partial charge in [0.15, 0.2) is 0 Å². The van der Waals surface area contributed by atoms with Crippen LogP contribution in [0.5, 0.6) is 5.88 Å². The minimum Gasteiger partial charge on any atom is -0.475 e. The molecule has 0 spiro atoms. The van der Waals surface area contributed by atoms with Crippen molar-refractivity contribution >= 4 is 23.2 Å². The molecular weight excluding hydrogens is 316 g/mol. The van der Waals surface area contributed by atoms with E-state index >= 15 is 0 Å². The number of hydrogen-bond acceptors (Lipinski definition) is 4. The first-order valence-corrected chi connectivity index (χ1v) is 7.86. The van der Waals surface area contributed by atoms with E-state index in [1.165, 1.54) is 6.20 Å². The molecule has 2 heterocycles. The number of carbonyl (C=O) groups excluding carboxylic acids is 1. The van der Waals surface area contributed by atoms with Gasteiger partial charge in [0.05, 0.1) is 22.4 Å². The molecule has 1 saturated heterocycles. The molecular formula is C17H17ClN2O3. The first kappa shape index (κ1) is 15.8.